The van der Waals surface area contributed by atoms with Gasteiger partial charge in [0, 0.05) is 31.5 Å². The molecule has 22 heavy (non-hydrogen) atoms. The lowest BCUT2D eigenvalue weighted by molar-refractivity contribution is 0.186. The van der Waals surface area contributed by atoms with E-state index < -0.39 is 0 Å². The van der Waals surface area contributed by atoms with E-state index in [0.29, 0.717) is 6.04 Å². The number of hydrogen-bond acceptors (Lipinski definition) is 4. The zero-order valence-corrected chi connectivity index (χ0v) is 14.0. The highest BCUT2D eigenvalue weighted by molar-refractivity contribution is 5.17. The third kappa shape index (κ3) is 3.86. The van der Waals surface area contributed by atoms with Crippen LogP contribution in [-0.4, -0.2) is 61.6 Å². The number of likely N-dealkylation sites (tertiary alicyclic amines) is 1. The number of hydrogen-bond donors (Lipinski definition) is 1. The molecule has 122 valence electrons. The van der Waals surface area contributed by atoms with Gasteiger partial charge in [0.15, 0.2) is 0 Å². The lowest BCUT2D eigenvalue weighted by Gasteiger charge is -2.31. The molecule has 3 rings (SSSR count). The summed E-state index contributed by atoms with van der Waals surface area (Å²) >= 11 is 0. The number of rotatable bonds is 5. The van der Waals surface area contributed by atoms with E-state index in [1.165, 1.54) is 57.5 Å². The minimum absolute atomic E-state index is 0.532. The number of nitrogens with one attached hydrogen (secondary N) is 1. The summed E-state index contributed by atoms with van der Waals surface area (Å²) in [6.07, 6.45) is 7.89. The fraction of sp³-hybridized carbons (Fsp3) is 0.722. The van der Waals surface area contributed by atoms with Gasteiger partial charge in [-0.1, -0.05) is 6.07 Å². The standard InChI is InChI=1S/C18H30N4/c1-21(13-15-5-9-19-10-6-15)14-17-7-11-22(2)18(17)16-4-3-8-20-12-16/h3-4,8,12,15,17-19H,5-7,9-11,13-14H2,1-2H3/t17-,18-/m0/s1. The summed E-state index contributed by atoms with van der Waals surface area (Å²) < 4.78 is 0. The van der Waals surface area contributed by atoms with Crippen molar-refractivity contribution in [3.63, 3.8) is 0 Å². The fourth-order valence-corrected chi connectivity index (χ4v) is 4.27. The van der Waals surface area contributed by atoms with E-state index in [2.05, 4.69) is 46.3 Å². The highest BCUT2D eigenvalue weighted by atomic mass is 15.2. The first-order valence-corrected chi connectivity index (χ1v) is 8.73. The van der Waals surface area contributed by atoms with Crippen LogP contribution in [0.2, 0.25) is 0 Å². The molecule has 0 aromatic carbocycles. The average molecular weight is 302 g/mol. The smallest absolute Gasteiger partial charge is 0.0401 e. The molecule has 4 nitrogen and oxygen atoms in total. The van der Waals surface area contributed by atoms with Crippen molar-refractivity contribution in [2.45, 2.75) is 25.3 Å². The molecule has 2 fully saturated rings. The van der Waals surface area contributed by atoms with Gasteiger partial charge in [0.05, 0.1) is 0 Å². The number of pyridine rings is 1. The second-order valence-corrected chi connectivity index (χ2v) is 7.18. The molecule has 2 atom stereocenters. The Morgan fingerprint density at radius 3 is 2.82 bits per heavy atom. The van der Waals surface area contributed by atoms with E-state index in [-0.39, 0.29) is 0 Å². The van der Waals surface area contributed by atoms with Crippen molar-refractivity contribution in [2.75, 3.05) is 46.8 Å². The molecule has 0 aliphatic carbocycles. The number of nitrogens with zero attached hydrogens (tertiary/aromatic N) is 3. The maximum absolute atomic E-state index is 4.32. The minimum Gasteiger partial charge on any atom is -0.317 e. The van der Waals surface area contributed by atoms with Crippen LogP contribution in [0.15, 0.2) is 24.5 Å². The zero-order valence-electron chi connectivity index (χ0n) is 14.0. The van der Waals surface area contributed by atoms with Crippen molar-refractivity contribution in [3.8, 4) is 0 Å². The van der Waals surface area contributed by atoms with Crippen LogP contribution in [0, 0.1) is 11.8 Å². The molecule has 0 amide bonds. The van der Waals surface area contributed by atoms with Crippen molar-refractivity contribution in [1.29, 1.82) is 0 Å². The van der Waals surface area contributed by atoms with Gasteiger partial charge in [0.1, 0.15) is 0 Å². The summed E-state index contributed by atoms with van der Waals surface area (Å²) in [4.78, 5) is 9.40. The summed E-state index contributed by atoms with van der Waals surface area (Å²) in [7, 11) is 4.56. The van der Waals surface area contributed by atoms with Gasteiger partial charge >= 0.3 is 0 Å². The SMILES string of the molecule is CN(CC1CCNCC1)C[C@@H]1CCN(C)[C@H]1c1cccnc1. The molecule has 0 saturated carbocycles. The maximum Gasteiger partial charge on any atom is 0.0401 e. The Bertz CT molecular complexity index is 444. The molecular formula is C18H30N4. The Balaban J connectivity index is 1.58. The quantitative estimate of drug-likeness (QED) is 0.901. The van der Waals surface area contributed by atoms with Crippen molar-refractivity contribution in [3.05, 3.63) is 30.1 Å². The summed E-state index contributed by atoms with van der Waals surface area (Å²) in [6.45, 7) is 6.05. The van der Waals surface area contributed by atoms with Crippen LogP contribution in [0.25, 0.3) is 0 Å². The van der Waals surface area contributed by atoms with E-state index in [1.54, 1.807) is 0 Å². The second kappa shape index (κ2) is 7.53. The summed E-state index contributed by atoms with van der Waals surface area (Å²) in [5.74, 6) is 1.60. The molecule has 0 spiro atoms. The minimum atomic E-state index is 0.532. The predicted molar refractivity (Wildman–Crippen MR) is 90.8 cm³/mol. The summed E-state index contributed by atoms with van der Waals surface area (Å²) in [5.41, 5.74) is 1.38. The van der Waals surface area contributed by atoms with E-state index in [0.717, 1.165) is 11.8 Å². The topological polar surface area (TPSA) is 31.4 Å². The van der Waals surface area contributed by atoms with Crippen LogP contribution >= 0.6 is 0 Å². The molecule has 1 N–H and O–H groups in total. The van der Waals surface area contributed by atoms with Gasteiger partial charge in [-0.15, -0.1) is 0 Å². The Morgan fingerprint density at radius 2 is 2.09 bits per heavy atom. The molecule has 1 aromatic heterocycles. The molecule has 2 aliphatic rings. The first-order valence-electron chi connectivity index (χ1n) is 8.73. The van der Waals surface area contributed by atoms with Gasteiger partial charge in [-0.3, -0.25) is 9.88 Å². The van der Waals surface area contributed by atoms with Crippen LogP contribution in [-0.2, 0) is 0 Å². The first kappa shape index (κ1) is 15.9. The van der Waals surface area contributed by atoms with Gasteiger partial charge in [-0.05, 0) is 76.5 Å². The van der Waals surface area contributed by atoms with E-state index in [1.807, 2.05) is 12.4 Å². The second-order valence-electron chi connectivity index (χ2n) is 7.18. The van der Waals surface area contributed by atoms with E-state index >= 15 is 0 Å². The van der Waals surface area contributed by atoms with Gasteiger partial charge in [-0.25, -0.2) is 0 Å². The van der Waals surface area contributed by atoms with Crippen molar-refractivity contribution < 1.29 is 0 Å². The number of aromatic nitrogens is 1. The first-order chi connectivity index (χ1) is 10.7. The van der Waals surface area contributed by atoms with Crippen LogP contribution in [0.3, 0.4) is 0 Å². The Hall–Kier alpha value is -0.970. The molecular weight excluding hydrogens is 272 g/mol. The van der Waals surface area contributed by atoms with Crippen LogP contribution in [0.4, 0.5) is 0 Å². The summed E-state index contributed by atoms with van der Waals surface area (Å²) in [6, 6.07) is 4.83. The van der Waals surface area contributed by atoms with Crippen LogP contribution < -0.4 is 5.32 Å². The van der Waals surface area contributed by atoms with Gasteiger partial charge in [0.25, 0.3) is 0 Å². The highest BCUT2D eigenvalue weighted by Gasteiger charge is 2.33. The Morgan fingerprint density at radius 1 is 1.27 bits per heavy atom. The lowest BCUT2D eigenvalue weighted by Crippen LogP contribution is -2.37. The van der Waals surface area contributed by atoms with E-state index in [9.17, 15) is 0 Å². The molecule has 4 heteroatoms. The largest absolute Gasteiger partial charge is 0.317 e. The summed E-state index contributed by atoms with van der Waals surface area (Å²) in [5, 5.41) is 3.46. The zero-order chi connectivity index (χ0) is 15.4. The van der Waals surface area contributed by atoms with Crippen molar-refractivity contribution in [1.82, 2.24) is 20.1 Å². The van der Waals surface area contributed by atoms with Crippen molar-refractivity contribution >= 4 is 0 Å². The predicted octanol–water partition coefficient (Wildman–Crippen LogP) is 2.01. The molecule has 3 heterocycles. The van der Waals surface area contributed by atoms with Crippen LogP contribution in [0.5, 0.6) is 0 Å². The number of piperidine rings is 1. The molecule has 0 unspecified atom stereocenters. The molecule has 2 saturated heterocycles. The Labute approximate surface area is 134 Å². The molecule has 0 radical (unpaired) electrons. The van der Waals surface area contributed by atoms with Gasteiger partial charge < -0.3 is 10.2 Å². The van der Waals surface area contributed by atoms with E-state index in [4.69, 9.17) is 0 Å². The van der Waals surface area contributed by atoms with Gasteiger partial charge in [-0.2, -0.15) is 0 Å². The average Bonchev–Trinajstić information content (AvgIpc) is 2.89. The normalized spacial score (nSPS) is 27.6. The molecule has 1 aromatic rings. The maximum atomic E-state index is 4.32. The fourth-order valence-electron chi connectivity index (χ4n) is 4.27. The lowest BCUT2D eigenvalue weighted by atomic mass is 9.93. The third-order valence-electron chi connectivity index (χ3n) is 5.37. The Kier molecular flexibility index (Phi) is 5.45. The van der Waals surface area contributed by atoms with Crippen LogP contribution in [0.1, 0.15) is 30.9 Å². The molecule has 2 aliphatic heterocycles. The van der Waals surface area contributed by atoms with Crippen molar-refractivity contribution in [2.24, 2.45) is 11.8 Å². The molecule has 0 bridgehead atoms. The third-order valence-corrected chi connectivity index (χ3v) is 5.37. The highest BCUT2D eigenvalue weighted by Crippen LogP contribution is 2.36. The monoisotopic (exact) mass is 302 g/mol. The van der Waals surface area contributed by atoms with Gasteiger partial charge in [0.2, 0.25) is 0 Å².